The number of fused-ring (bicyclic) bond motifs is 1. The average Bonchev–Trinajstić information content (AvgIpc) is 3.58. The van der Waals surface area contributed by atoms with Crippen molar-refractivity contribution in [1.82, 2.24) is 29.6 Å². The van der Waals surface area contributed by atoms with E-state index in [1.54, 1.807) is 15.9 Å². The summed E-state index contributed by atoms with van der Waals surface area (Å²) in [5.41, 5.74) is -0.0384. The summed E-state index contributed by atoms with van der Waals surface area (Å²) < 4.78 is 95.6. The molecule has 9 nitrogen and oxygen atoms in total. The predicted molar refractivity (Wildman–Crippen MR) is 122 cm³/mol. The molecule has 0 aromatic carbocycles. The van der Waals surface area contributed by atoms with Gasteiger partial charge in [0, 0.05) is 30.7 Å². The number of nitrogens with zero attached hydrogens (tertiary/aromatic N) is 5. The second-order valence-corrected chi connectivity index (χ2v) is 8.64. The number of amides is 2. The quantitative estimate of drug-likeness (QED) is 0.409. The van der Waals surface area contributed by atoms with Crippen molar-refractivity contribution in [2.45, 2.75) is 44.2 Å². The first kappa shape index (κ1) is 27.3. The Kier molecular flexibility index (Phi) is 7.30. The molecule has 206 valence electrons. The standard InChI is InChI=1S/C23H24F6N6O3/c1-4-35(21(36)33-17(12-5-6-12)22(24,25)26)18(23(27,28)29)14-9-13(16(37-2)10-31-14)15-11-34-8-7-30-19(34)20(32-15)38-3/h7-12,17-18H,4-6H2,1-3H3,(H,33,36). The maximum atomic E-state index is 14.4. The van der Waals surface area contributed by atoms with Gasteiger partial charge >= 0.3 is 18.4 Å². The number of ether oxygens (including phenoxy) is 2. The Bertz CT molecular complexity index is 1310. The van der Waals surface area contributed by atoms with E-state index in [0.29, 0.717) is 5.65 Å². The first-order chi connectivity index (χ1) is 17.9. The molecule has 0 saturated heterocycles. The van der Waals surface area contributed by atoms with Gasteiger partial charge in [0.15, 0.2) is 11.7 Å². The molecule has 3 aromatic rings. The zero-order valence-corrected chi connectivity index (χ0v) is 20.5. The van der Waals surface area contributed by atoms with Gasteiger partial charge in [0.05, 0.1) is 31.8 Å². The van der Waals surface area contributed by atoms with E-state index < -0.39 is 48.6 Å². The van der Waals surface area contributed by atoms with Gasteiger partial charge in [0.25, 0.3) is 5.88 Å². The van der Waals surface area contributed by atoms with Crippen molar-refractivity contribution >= 4 is 11.7 Å². The third-order valence-corrected chi connectivity index (χ3v) is 6.15. The highest BCUT2D eigenvalue weighted by Crippen LogP contribution is 2.42. The van der Waals surface area contributed by atoms with Crippen molar-refractivity contribution in [3.63, 3.8) is 0 Å². The number of methoxy groups -OCH3 is 2. The number of halogens is 6. The van der Waals surface area contributed by atoms with E-state index in [1.807, 2.05) is 0 Å². The molecule has 0 aliphatic heterocycles. The van der Waals surface area contributed by atoms with Gasteiger partial charge < -0.3 is 24.1 Å². The summed E-state index contributed by atoms with van der Waals surface area (Å²) in [6.45, 7) is 0.698. The zero-order valence-electron chi connectivity index (χ0n) is 20.5. The molecular formula is C23H24F6N6O3. The number of pyridine rings is 1. The summed E-state index contributed by atoms with van der Waals surface area (Å²) in [4.78, 5) is 25.4. The van der Waals surface area contributed by atoms with Crippen molar-refractivity contribution in [3.8, 4) is 22.9 Å². The van der Waals surface area contributed by atoms with Crippen LogP contribution in [0.2, 0.25) is 0 Å². The molecule has 1 fully saturated rings. The number of imidazole rings is 1. The highest BCUT2D eigenvalue weighted by atomic mass is 19.4. The van der Waals surface area contributed by atoms with Crippen LogP contribution < -0.4 is 14.8 Å². The lowest BCUT2D eigenvalue weighted by Crippen LogP contribution is -2.54. The van der Waals surface area contributed by atoms with E-state index in [9.17, 15) is 31.1 Å². The molecule has 1 aliphatic carbocycles. The molecule has 2 amide bonds. The van der Waals surface area contributed by atoms with Crippen LogP contribution >= 0.6 is 0 Å². The van der Waals surface area contributed by atoms with Crippen molar-refractivity contribution in [3.05, 3.63) is 36.5 Å². The number of aromatic nitrogens is 4. The maximum absolute atomic E-state index is 14.4. The average molecular weight is 546 g/mol. The second kappa shape index (κ2) is 10.2. The molecule has 0 radical (unpaired) electrons. The van der Waals surface area contributed by atoms with Gasteiger partial charge in [-0.3, -0.25) is 4.98 Å². The number of alkyl halides is 6. The van der Waals surface area contributed by atoms with Crippen LogP contribution in [0.5, 0.6) is 11.6 Å². The van der Waals surface area contributed by atoms with Crippen LogP contribution in [0.1, 0.15) is 31.5 Å². The zero-order chi connectivity index (χ0) is 27.8. The van der Waals surface area contributed by atoms with E-state index in [-0.39, 0.29) is 40.6 Å². The minimum Gasteiger partial charge on any atom is -0.494 e. The lowest BCUT2D eigenvalue weighted by molar-refractivity contribution is -0.181. The van der Waals surface area contributed by atoms with Crippen molar-refractivity contribution < 1.29 is 40.6 Å². The summed E-state index contributed by atoms with van der Waals surface area (Å²) in [5, 5.41) is 1.76. The van der Waals surface area contributed by atoms with Crippen LogP contribution in [0.4, 0.5) is 31.1 Å². The van der Waals surface area contributed by atoms with Gasteiger partial charge in [0.1, 0.15) is 11.8 Å². The second-order valence-electron chi connectivity index (χ2n) is 8.64. The minimum absolute atomic E-state index is 0.0714. The Hall–Kier alpha value is -3.78. The smallest absolute Gasteiger partial charge is 0.414 e. The third-order valence-electron chi connectivity index (χ3n) is 6.15. The Morgan fingerprint density at radius 1 is 1.16 bits per heavy atom. The molecule has 3 aromatic heterocycles. The van der Waals surface area contributed by atoms with E-state index >= 15 is 0 Å². The van der Waals surface area contributed by atoms with Gasteiger partial charge in [-0.1, -0.05) is 0 Å². The van der Waals surface area contributed by atoms with Crippen LogP contribution in [-0.4, -0.2) is 69.4 Å². The highest BCUT2D eigenvalue weighted by Gasteiger charge is 2.52. The number of rotatable bonds is 8. The number of carbonyl (C=O) groups excluding carboxylic acids is 1. The van der Waals surface area contributed by atoms with Crippen LogP contribution in [0.15, 0.2) is 30.9 Å². The van der Waals surface area contributed by atoms with E-state index in [2.05, 4.69) is 15.0 Å². The predicted octanol–water partition coefficient (Wildman–Crippen LogP) is 4.78. The summed E-state index contributed by atoms with van der Waals surface area (Å²) in [6, 6.07) is -5.34. The van der Waals surface area contributed by atoms with E-state index in [4.69, 9.17) is 9.47 Å². The summed E-state index contributed by atoms with van der Waals surface area (Å²) in [7, 11) is 2.64. The Morgan fingerprint density at radius 2 is 1.87 bits per heavy atom. The molecule has 3 heterocycles. The summed E-state index contributed by atoms with van der Waals surface area (Å²) in [6.07, 6.45) is -3.85. The largest absolute Gasteiger partial charge is 0.494 e. The van der Waals surface area contributed by atoms with Gasteiger partial charge in [-0.15, -0.1) is 0 Å². The number of urea groups is 1. The molecule has 2 unspecified atom stereocenters. The molecular weight excluding hydrogens is 522 g/mol. The van der Waals surface area contributed by atoms with Crippen LogP contribution in [-0.2, 0) is 0 Å². The number of carbonyl (C=O) groups is 1. The Morgan fingerprint density at radius 3 is 2.42 bits per heavy atom. The Balaban J connectivity index is 1.77. The minimum atomic E-state index is -5.07. The van der Waals surface area contributed by atoms with Crippen LogP contribution in [0.3, 0.4) is 0 Å². The fraction of sp³-hybridized carbons (Fsp3) is 0.478. The topological polar surface area (TPSA) is 93.9 Å². The van der Waals surface area contributed by atoms with E-state index in [0.717, 1.165) is 12.3 Å². The fourth-order valence-electron chi connectivity index (χ4n) is 4.20. The number of hydrogen-bond acceptors (Lipinski definition) is 6. The molecule has 1 aliphatic rings. The molecule has 38 heavy (non-hydrogen) atoms. The summed E-state index contributed by atoms with van der Waals surface area (Å²) in [5.74, 6) is -0.706. The van der Waals surface area contributed by atoms with Crippen molar-refractivity contribution in [2.75, 3.05) is 20.8 Å². The van der Waals surface area contributed by atoms with Gasteiger partial charge in [0.2, 0.25) is 0 Å². The first-order valence-corrected chi connectivity index (χ1v) is 11.5. The number of nitrogens with one attached hydrogen (secondary N) is 1. The van der Waals surface area contributed by atoms with Crippen molar-refractivity contribution in [2.24, 2.45) is 5.92 Å². The number of hydrogen-bond donors (Lipinski definition) is 1. The molecule has 4 rings (SSSR count). The monoisotopic (exact) mass is 546 g/mol. The normalized spacial score (nSPS) is 15.7. The third kappa shape index (κ3) is 5.41. The highest BCUT2D eigenvalue weighted by molar-refractivity contribution is 5.76. The molecule has 1 saturated carbocycles. The van der Waals surface area contributed by atoms with Gasteiger partial charge in [-0.2, -0.15) is 26.3 Å². The molecule has 1 N–H and O–H groups in total. The van der Waals surface area contributed by atoms with Gasteiger partial charge in [-0.05, 0) is 31.7 Å². The summed E-state index contributed by atoms with van der Waals surface area (Å²) >= 11 is 0. The Labute approximate surface area is 212 Å². The van der Waals surface area contributed by atoms with Crippen LogP contribution in [0.25, 0.3) is 16.9 Å². The van der Waals surface area contributed by atoms with E-state index in [1.165, 1.54) is 33.5 Å². The molecule has 15 heteroatoms. The molecule has 2 atom stereocenters. The van der Waals surface area contributed by atoms with Crippen LogP contribution in [0, 0.1) is 5.92 Å². The fourth-order valence-corrected chi connectivity index (χ4v) is 4.20. The first-order valence-electron chi connectivity index (χ1n) is 11.5. The maximum Gasteiger partial charge on any atom is 0.414 e. The molecule has 0 bridgehead atoms. The SMILES string of the molecule is CCN(C(=O)NC(C1CC1)C(F)(F)F)C(c1cc(-c2cn3ccnc3c(OC)n2)c(OC)cn1)C(F)(F)F. The van der Waals surface area contributed by atoms with Gasteiger partial charge in [-0.25, -0.2) is 14.8 Å². The lowest BCUT2D eigenvalue weighted by Gasteiger charge is -2.34. The van der Waals surface area contributed by atoms with Crippen molar-refractivity contribution in [1.29, 1.82) is 0 Å². The molecule has 0 spiro atoms. The lowest BCUT2D eigenvalue weighted by atomic mass is 10.1.